The molecule has 3 rings (SSSR count). The fraction of sp³-hybridized carbons (Fsp3) is 0.526. The van der Waals surface area contributed by atoms with Crippen LogP contribution in [-0.4, -0.2) is 26.8 Å². The second kappa shape index (κ2) is 7.68. The first-order valence-electron chi connectivity index (χ1n) is 9.18. The van der Waals surface area contributed by atoms with Gasteiger partial charge in [-0.1, -0.05) is 32.0 Å². The first-order valence-corrected chi connectivity index (χ1v) is 9.18. The number of carbonyl (C=O) groups excluding carboxylic acids is 1. The lowest BCUT2D eigenvalue weighted by Crippen LogP contribution is -2.35. The topological polar surface area (TPSA) is 68.9 Å². The van der Waals surface area contributed by atoms with E-state index in [9.17, 15) is 9.59 Å². The Labute approximate surface area is 147 Å². The van der Waals surface area contributed by atoms with Crippen molar-refractivity contribution < 1.29 is 4.79 Å². The maximum atomic E-state index is 12.8. The van der Waals surface area contributed by atoms with Gasteiger partial charge in [-0.15, -0.1) is 0 Å². The van der Waals surface area contributed by atoms with Crippen molar-refractivity contribution in [3.8, 4) is 5.69 Å². The van der Waals surface area contributed by atoms with Crippen LogP contribution in [0.5, 0.6) is 0 Å². The molecule has 134 valence electrons. The molecular weight excluding hydrogens is 316 g/mol. The summed E-state index contributed by atoms with van der Waals surface area (Å²) in [6.45, 7) is 4.85. The molecule has 1 fully saturated rings. The highest BCUT2D eigenvalue weighted by atomic mass is 16.2. The molecule has 25 heavy (non-hydrogen) atoms. The summed E-state index contributed by atoms with van der Waals surface area (Å²) in [6, 6.07) is 9.63. The van der Waals surface area contributed by atoms with E-state index in [2.05, 4.69) is 10.4 Å². The van der Waals surface area contributed by atoms with E-state index < -0.39 is 0 Å². The van der Waals surface area contributed by atoms with Crippen LogP contribution in [0.25, 0.3) is 5.69 Å². The Morgan fingerprint density at radius 1 is 1.24 bits per heavy atom. The minimum atomic E-state index is -0.134. The van der Waals surface area contributed by atoms with E-state index >= 15 is 0 Å². The van der Waals surface area contributed by atoms with Crippen molar-refractivity contribution in [2.24, 2.45) is 5.92 Å². The fourth-order valence-electron chi connectivity index (χ4n) is 3.08. The monoisotopic (exact) mass is 342 g/mol. The molecule has 0 spiro atoms. The van der Waals surface area contributed by atoms with E-state index in [1.165, 1.54) is 4.68 Å². The van der Waals surface area contributed by atoms with E-state index in [4.69, 9.17) is 0 Å². The van der Waals surface area contributed by atoms with Gasteiger partial charge in [0.15, 0.2) is 0 Å². The minimum absolute atomic E-state index is 0.0422. The Morgan fingerprint density at radius 3 is 2.52 bits per heavy atom. The zero-order valence-corrected chi connectivity index (χ0v) is 14.9. The van der Waals surface area contributed by atoms with Gasteiger partial charge in [0.2, 0.25) is 5.91 Å². The Balaban J connectivity index is 1.75. The number of aromatic nitrogens is 3. The largest absolute Gasteiger partial charge is 0.354 e. The summed E-state index contributed by atoms with van der Waals surface area (Å²) >= 11 is 0. The predicted octanol–water partition coefficient (Wildman–Crippen LogP) is 2.46. The second-order valence-corrected chi connectivity index (χ2v) is 6.61. The third kappa shape index (κ3) is 3.83. The lowest BCUT2D eigenvalue weighted by Gasteiger charge is -2.12. The van der Waals surface area contributed by atoms with Crippen molar-refractivity contribution in [2.75, 3.05) is 6.54 Å². The number of rotatable bonds is 8. The molecule has 0 radical (unpaired) electrons. The van der Waals surface area contributed by atoms with Crippen molar-refractivity contribution >= 4 is 5.91 Å². The van der Waals surface area contributed by atoms with Crippen LogP contribution in [0, 0.1) is 5.92 Å². The van der Waals surface area contributed by atoms with Gasteiger partial charge in [-0.25, -0.2) is 14.0 Å². The van der Waals surface area contributed by atoms with Gasteiger partial charge in [-0.3, -0.25) is 4.79 Å². The summed E-state index contributed by atoms with van der Waals surface area (Å²) in [5.41, 5.74) is 0.714. The Hall–Kier alpha value is -2.37. The molecule has 0 aliphatic heterocycles. The third-order valence-electron chi connectivity index (χ3n) is 4.80. The Morgan fingerprint density at radius 2 is 1.92 bits per heavy atom. The van der Waals surface area contributed by atoms with Crippen molar-refractivity contribution in [1.29, 1.82) is 0 Å². The van der Waals surface area contributed by atoms with Gasteiger partial charge >= 0.3 is 5.69 Å². The first kappa shape index (κ1) is 17.5. The molecule has 6 heteroatoms. The number of hydrogen-bond donors (Lipinski definition) is 1. The van der Waals surface area contributed by atoms with Gasteiger partial charge in [-0.05, 0) is 37.8 Å². The van der Waals surface area contributed by atoms with Crippen LogP contribution in [0.4, 0.5) is 0 Å². The van der Waals surface area contributed by atoms with E-state index in [0.29, 0.717) is 19.0 Å². The van der Waals surface area contributed by atoms with Crippen LogP contribution in [0.2, 0.25) is 0 Å². The predicted molar refractivity (Wildman–Crippen MR) is 96.9 cm³/mol. The van der Waals surface area contributed by atoms with Gasteiger partial charge in [0.1, 0.15) is 5.82 Å². The molecule has 1 aliphatic rings. The molecule has 1 aromatic carbocycles. The fourth-order valence-corrected chi connectivity index (χ4v) is 3.08. The number of hydrogen-bond acceptors (Lipinski definition) is 3. The zero-order valence-electron chi connectivity index (χ0n) is 14.9. The van der Waals surface area contributed by atoms with Crippen LogP contribution in [-0.2, 0) is 11.3 Å². The van der Waals surface area contributed by atoms with Gasteiger partial charge < -0.3 is 5.32 Å². The zero-order chi connectivity index (χ0) is 17.8. The standard InChI is InChI=1S/C19H26N4O2/c1-3-14(4-2)18(24)20-12-13-22-19(25)23(16-8-6-5-7-9-16)17(21-22)15-10-11-15/h5-9,14-15H,3-4,10-13H2,1-2H3,(H,20,24). The number of para-hydroxylation sites is 1. The van der Waals surface area contributed by atoms with Gasteiger partial charge in [-0.2, -0.15) is 5.10 Å². The number of nitrogens with one attached hydrogen (secondary N) is 1. The lowest BCUT2D eigenvalue weighted by atomic mass is 10.0. The molecule has 0 unspecified atom stereocenters. The molecule has 2 aromatic rings. The second-order valence-electron chi connectivity index (χ2n) is 6.61. The number of carbonyl (C=O) groups is 1. The summed E-state index contributed by atoms with van der Waals surface area (Å²) in [5.74, 6) is 1.31. The lowest BCUT2D eigenvalue weighted by molar-refractivity contribution is -0.125. The van der Waals surface area contributed by atoms with Crippen molar-refractivity contribution in [3.05, 3.63) is 46.6 Å². The SMILES string of the molecule is CCC(CC)C(=O)NCCn1nc(C2CC2)n(-c2ccccc2)c1=O. The van der Waals surface area contributed by atoms with Crippen molar-refractivity contribution in [3.63, 3.8) is 0 Å². The van der Waals surface area contributed by atoms with Crippen molar-refractivity contribution in [2.45, 2.75) is 52.0 Å². The van der Waals surface area contributed by atoms with Crippen LogP contribution in [0.3, 0.4) is 0 Å². The highest BCUT2D eigenvalue weighted by molar-refractivity contribution is 5.78. The number of nitrogens with zero attached hydrogens (tertiary/aromatic N) is 3. The van der Waals surface area contributed by atoms with Crippen LogP contribution < -0.4 is 11.0 Å². The quantitative estimate of drug-likeness (QED) is 0.801. The van der Waals surface area contributed by atoms with Gasteiger partial charge in [0.05, 0.1) is 12.2 Å². The molecule has 0 bridgehead atoms. The molecule has 6 nitrogen and oxygen atoms in total. The maximum Gasteiger partial charge on any atom is 0.350 e. The average molecular weight is 342 g/mol. The van der Waals surface area contributed by atoms with E-state index in [0.717, 1.165) is 37.2 Å². The molecule has 0 saturated heterocycles. The number of amides is 1. The maximum absolute atomic E-state index is 12.8. The Kier molecular flexibility index (Phi) is 5.36. The van der Waals surface area contributed by atoms with E-state index in [-0.39, 0.29) is 17.5 Å². The molecular formula is C19H26N4O2. The first-order chi connectivity index (χ1) is 12.2. The molecule has 0 atom stereocenters. The molecule has 1 saturated carbocycles. The molecule has 1 aliphatic carbocycles. The van der Waals surface area contributed by atoms with Crippen molar-refractivity contribution in [1.82, 2.24) is 19.7 Å². The average Bonchev–Trinajstić information content (AvgIpc) is 3.42. The molecule has 1 aromatic heterocycles. The molecule has 1 heterocycles. The molecule has 1 amide bonds. The van der Waals surface area contributed by atoms with E-state index in [1.807, 2.05) is 44.2 Å². The van der Waals surface area contributed by atoms with Gasteiger partial charge in [0.25, 0.3) is 0 Å². The smallest absolute Gasteiger partial charge is 0.350 e. The summed E-state index contributed by atoms with van der Waals surface area (Å²) < 4.78 is 3.19. The van der Waals surface area contributed by atoms with Crippen LogP contribution in [0.15, 0.2) is 35.1 Å². The van der Waals surface area contributed by atoms with Crippen LogP contribution in [0.1, 0.15) is 51.3 Å². The Bertz CT molecular complexity index is 770. The van der Waals surface area contributed by atoms with E-state index in [1.54, 1.807) is 4.57 Å². The summed E-state index contributed by atoms with van der Waals surface area (Å²) in [6.07, 6.45) is 3.82. The summed E-state index contributed by atoms with van der Waals surface area (Å²) in [4.78, 5) is 24.9. The summed E-state index contributed by atoms with van der Waals surface area (Å²) in [5, 5.41) is 7.47. The van der Waals surface area contributed by atoms with Gasteiger partial charge in [0, 0.05) is 18.4 Å². The number of benzene rings is 1. The van der Waals surface area contributed by atoms with Crippen LogP contribution >= 0.6 is 0 Å². The molecule has 1 N–H and O–H groups in total. The highest BCUT2D eigenvalue weighted by Gasteiger charge is 2.31. The highest BCUT2D eigenvalue weighted by Crippen LogP contribution is 2.39. The summed E-state index contributed by atoms with van der Waals surface area (Å²) in [7, 11) is 0. The normalized spacial score (nSPS) is 14.0. The third-order valence-corrected chi connectivity index (χ3v) is 4.80. The minimum Gasteiger partial charge on any atom is -0.354 e.